The van der Waals surface area contributed by atoms with Crippen LogP contribution in [0.4, 0.5) is 4.39 Å². The highest BCUT2D eigenvalue weighted by Gasteiger charge is 2.14. The average Bonchev–Trinajstić information content (AvgIpc) is 2.90. The van der Waals surface area contributed by atoms with E-state index < -0.39 is 0 Å². The molecule has 1 unspecified atom stereocenters. The monoisotopic (exact) mass is 300 g/mol. The van der Waals surface area contributed by atoms with Crippen molar-refractivity contribution in [3.05, 3.63) is 64.9 Å². The lowest BCUT2D eigenvalue weighted by molar-refractivity contribution is 0.610. The van der Waals surface area contributed by atoms with Gasteiger partial charge in [-0.2, -0.15) is 0 Å². The normalized spacial score (nSPS) is 12.7. The third-order valence-electron chi connectivity index (χ3n) is 3.55. The fraction of sp³-hybridized carbons (Fsp3) is 0.235. The summed E-state index contributed by atoms with van der Waals surface area (Å²) in [5.41, 5.74) is 2.20. The van der Waals surface area contributed by atoms with Gasteiger partial charge >= 0.3 is 0 Å². The summed E-state index contributed by atoms with van der Waals surface area (Å²) >= 11 is 1.74. The summed E-state index contributed by atoms with van der Waals surface area (Å²) in [5.74, 6) is 0.109. The summed E-state index contributed by atoms with van der Waals surface area (Å²) in [6.07, 6.45) is 0.867. The van der Waals surface area contributed by atoms with E-state index in [1.807, 2.05) is 37.4 Å². The molecule has 3 rings (SSSR count). The molecular weight excluding hydrogens is 283 g/mol. The molecule has 0 saturated heterocycles. The quantitative estimate of drug-likeness (QED) is 0.771. The van der Waals surface area contributed by atoms with E-state index in [9.17, 15) is 4.39 Å². The Labute approximate surface area is 127 Å². The van der Waals surface area contributed by atoms with Crippen molar-refractivity contribution < 1.29 is 4.39 Å². The maximum Gasteiger partial charge on any atom is 0.123 e. The second-order valence-electron chi connectivity index (χ2n) is 5.09. The van der Waals surface area contributed by atoms with Gasteiger partial charge in [0, 0.05) is 18.9 Å². The first-order valence-corrected chi connectivity index (χ1v) is 7.82. The van der Waals surface area contributed by atoms with Gasteiger partial charge in [0.25, 0.3) is 0 Å². The first kappa shape index (κ1) is 14.2. The van der Waals surface area contributed by atoms with Gasteiger partial charge in [-0.15, -0.1) is 11.3 Å². The molecule has 4 heteroatoms. The number of benzene rings is 2. The molecule has 21 heavy (non-hydrogen) atoms. The van der Waals surface area contributed by atoms with Crippen molar-refractivity contribution in [1.82, 2.24) is 10.3 Å². The number of hydrogen-bond donors (Lipinski definition) is 1. The summed E-state index contributed by atoms with van der Waals surface area (Å²) in [4.78, 5) is 4.69. The van der Waals surface area contributed by atoms with Gasteiger partial charge in [0.1, 0.15) is 5.82 Å². The van der Waals surface area contributed by atoms with Crippen molar-refractivity contribution in [3.8, 4) is 0 Å². The van der Waals surface area contributed by atoms with Gasteiger partial charge in [-0.25, -0.2) is 9.37 Å². The first-order chi connectivity index (χ1) is 10.3. The summed E-state index contributed by atoms with van der Waals surface area (Å²) in [6, 6.07) is 15.0. The zero-order valence-corrected chi connectivity index (χ0v) is 12.7. The number of likely N-dealkylation sites (N-methyl/N-ethyl adjacent to an activating group) is 1. The van der Waals surface area contributed by atoms with E-state index in [2.05, 4.69) is 11.4 Å². The molecule has 0 aliphatic heterocycles. The second kappa shape index (κ2) is 6.33. The number of aromatic nitrogens is 1. The van der Waals surface area contributed by atoms with Crippen molar-refractivity contribution in [2.45, 2.75) is 12.3 Å². The molecule has 108 valence electrons. The lowest BCUT2D eigenvalue weighted by atomic mass is 9.96. The molecule has 0 saturated carbocycles. The Balaban J connectivity index is 1.85. The minimum absolute atomic E-state index is 0.193. The van der Waals surface area contributed by atoms with Gasteiger partial charge in [0.15, 0.2) is 0 Å². The summed E-state index contributed by atoms with van der Waals surface area (Å²) < 4.78 is 14.3. The van der Waals surface area contributed by atoms with Crippen molar-refractivity contribution in [1.29, 1.82) is 0 Å². The van der Waals surface area contributed by atoms with Crippen LogP contribution in [0.1, 0.15) is 16.5 Å². The minimum atomic E-state index is -0.193. The standard InChI is InChI=1S/C17H17FN2S/c1-19-11-13(12-6-8-14(18)9-7-12)10-17-20-15-4-2-3-5-16(15)21-17/h2-9,13,19H,10-11H2,1H3. The van der Waals surface area contributed by atoms with Crippen LogP contribution in [-0.2, 0) is 6.42 Å². The predicted octanol–water partition coefficient (Wildman–Crippen LogP) is 3.98. The molecule has 3 aromatic rings. The van der Waals surface area contributed by atoms with Crippen molar-refractivity contribution in [2.75, 3.05) is 13.6 Å². The third-order valence-corrected chi connectivity index (χ3v) is 4.61. The zero-order valence-electron chi connectivity index (χ0n) is 11.8. The van der Waals surface area contributed by atoms with Crippen molar-refractivity contribution in [2.24, 2.45) is 0 Å². The second-order valence-corrected chi connectivity index (χ2v) is 6.20. The maximum absolute atomic E-state index is 13.1. The maximum atomic E-state index is 13.1. The Bertz CT molecular complexity index is 688. The topological polar surface area (TPSA) is 24.9 Å². The number of halogens is 1. The largest absolute Gasteiger partial charge is 0.319 e. The summed E-state index contributed by atoms with van der Waals surface area (Å²) in [7, 11) is 1.94. The molecule has 0 aliphatic carbocycles. The van der Waals surface area contributed by atoms with E-state index in [-0.39, 0.29) is 5.82 Å². The number of hydrogen-bond acceptors (Lipinski definition) is 3. The van der Waals surface area contributed by atoms with Crippen LogP contribution in [0.25, 0.3) is 10.2 Å². The molecule has 1 N–H and O–H groups in total. The molecule has 1 heterocycles. The molecule has 0 bridgehead atoms. The molecule has 1 aromatic heterocycles. The predicted molar refractivity (Wildman–Crippen MR) is 86.4 cm³/mol. The van der Waals surface area contributed by atoms with E-state index in [0.29, 0.717) is 5.92 Å². The Hall–Kier alpha value is -1.78. The Kier molecular flexibility index (Phi) is 4.27. The lowest BCUT2D eigenvalue weighted by Gasteiger charge is -2.15. The molecule has 1 atom stereocenters. The number of fused-ring (bicyclic) bond motifs is 1. The fourth-order valence-corrected chi connectivity index (χ4v) is 3.55. The smallest absolute Gasteiger partial charge is 0.123 e. The van der Waals surface area contributed by atoms with E-state index in [4.69, 9.17) is 4.98 Å². The van der Waals surface area contributed by atoms with Crippen LogP contribution in [0.3, 0.4) is 0 Å². The van der Waals surface area contributed by atoms with Gasteiger partial charge in [-0.1, -0.05) is 24.3 Å². The van der Waals surface area contributed by atoms with Crippen LogP contribution < -0.4 is 5.32 Å². The summed E-state index contributed by atoms with van der Waals surface area (Å²) in [5, 5.41) is 4.34. The molecule has 0 radical (unpaired) electrons. The van der Waals surface area contributed by atoms with Crippen molar-refractivity contribution in [3.63, 3.8) is 0 Å². The number of para-hydroxylation sites is 1. The van der Waals surface area contributed by atoms with Gasteiger partial charge in [0.2, 0.25) is 0 Å². The molecule has 2 aromatic carbocycles. The van der Waals surface area contributed by atoms with E-state index >= 15 is 0 Å². The van der Waals surface area contributed by atoms with Crippen LogP contribution in [0, 0.1) is 5.82 Å². The highest BCUT2D eigenvalue weighted by atomic mass is 32.1. The summed E-state index contributed by atoms with van der Waals surface area (Å²) in [6.45, 7) is 0.849. The number of nitrogens with one attached hydrogen (secondary N) is 1. The number of rotatable bonds is 5. The Morgan fingerprint density at radius 1 is 1.14 bits per heavy atom. The van der Waals surface area contributed by atoms with Crippen LogP contribution in [-0.4, -0.2) is 18.6 Å². The third kappa shape index (κ3) is 3.28. The fourth-order valence-electron chi connectivity index (χ4n) is 2.51. The van der Waals surface area contributed by atoms with Gasteiger partial charge < -0.3 is 5.32 Å². The zero-order chi connectivity index (χ0) is 14.7. The van der Waals surface area contributed by atoms with Crippen molar-refractivity contribution >= 4 is 21.6 Å². The molecule has 0 aliphatic rings. The van der Waals surface area contributed by atoms with E-state index in [1.54, 1.807) is 11.3 Å². The number of thiazole rings is 1. The number of nitrogens with zero attached hydrogens (tertiary/aromatic N) is 1. The van der Waals surface area contributed by atoms with Crippen LogP contribution in [0.15, 0.2) is 48.5 Å². The SMILES string of the molecule is CNCC(Cc1nc2ccccc2s1)c1ccc(F)cc1. The minimum Gasteiger partial charge on any atom is -0.319 e. The van der Waals surface area contributed by atoms with Crippen LogP contribution in [0.5, 0.6) is 0 Å². The molecular formula is C17H17FN2S. The van der Waals surface area contributed by atoms with E-state index in [1.165, 1.54) is 16.8 Å². The average molecular weight is 300 g/mol. The Morgan fingerprint density at radius 2 is 1.90 bits per heavy atom. The van der Waals surface area contributed by atoms with E-state index in [0.717, 1.165) is 29.1 Å². The molecule has 0 amide bonds. The Morgan fingerprint density at radius 3 is 2.62 bits per heavy atom. The van der Waals surface area contributed by atoms with Gasteiger partial charge in [-0.05, 0) is 36.9 Å². The molecule has 0 spiro atoms. The van der Waals surface area contributed by atoms with Gasteiger partial charge in [0.05, 0.1) is 15.2 Å². The molecule has 0 fully saturated rings. The molecule has 2 nitrogen and oxygen atoms in total. The first-order valence-electron chi connectivity index (χ1n) is 7.01. The van der Waals surface area contributed by atoms with Gasteiger partial charge in [-0.3, -0.25) is 0 Å². The van der Waals surface area contributed by atoms with Crippen LogP contribution in [0.2, 0.25) is 0 Å². The highest BCUT2D eigenvalue weighted by molar-refractivity contribution is 7.18. The highest BCUT2D eigenvalue weighted by Crippen LogP contribution is 2.27. The lowest BCUT2D eigenvalue weighted by Crippen LogP contribution is -2.19. The van der Waals surface area contributed by atoms with Crippen LogP contribution >= 0.6 is 11.3 Å².